The summed E-state index contributed by atoms with van der Waals surface area (Å²) in [6, 6.07) is 9.14. The number of benzene rings is 2. The molecule has 140 valence electrons. The van der Waals surface area contributed by atoms with Gasteiger partial charge in [-0.05, 0) is 30.7 Å². The first kappa shape index (κ1) is 18.5. The van der Waals surface area contributed by atoms with E-state index >= 15 is 0 Å². The number of hydrogen-bond donors (Lipinski definition) is 3. The normalized spacial score (nSPS) is 16.0. The predicted molar refractivity (Wildman–Crippen MR) is 93.8 cm³/mol. The number of carbonyl (C=O) groups excluding carboxylic acids is 3. The zero-order valence-electron chi connectivity index (χ0n) is 14.2. The van der Waals surface area contributed by atoms with Crippen LogP contribution in [0.4, 0.5) is 14.5 Å². The molecule has 1 atom stereocenters. The van der Waals surface area contributed by atoms with E-state index in [0.717, 1.165) is 12.1 Å². The number of nitrogens with one attached hydrogen (secondary N) is 3. The van der Waals surface area contributed by atoms with E-state index < -0.39 is 35.4 Å². The monoisotopic (exact) mass is 373 g/mol. The van der Waals surface area contributed by atoms with Crippen molar-refractivity contribution in [2.45, 2.75) is 25.4 Å². The Morgan fingerprint density at radius 3 is 2.48 bits per heavy atom. The highest BCUT2D eigenvalue weighted by molar-refractivity contribution is 6.09. The van der Waals surface area contributed by atoms with Crippen LogP contribution in [0.3, 0.4) is 0 Å². The highest BCUT2D eigenvalue weighted by atomic mass is 19.1. The van der Waals surface area contributed by atoms with Gasteiger partial charge in [0.25, 0.3) is 5.91 Å². The van der Waals surface area contributed by atoms with Crippen LogP contribution >= 0.6 is 0 Å². The summed E-state index contributed by atoms with van der Waals surface area (Å²) in [5, 5.41) is 7.64. The quantitative estimate of drug-likeness (QED) is 0.750. The van der Waals surface area contributed by atoms with E-state index in [1.807, 2.05) is 0 Å². The number of halogens is 2. The van der Waals surface area contributed by atoms with Gasteiger partial charge < -0.3 is 16.0 Å². The van der Waals surface area contributed by atoms with Crippen molar-refractivity contribution in [2.75, 3.05) is 5.32 Å². The molecule has 3 rings (SSSR count). The second kappa shape index (κ2) is 7.94. The number of rotatable bonds is 5. The SMILES string of the molecule is O=C(CC[C@H]1NC(=O)c2ccccc2NC1=O)NCc1c(F)cccc1F. The van der Waals surface area contributed by atoms with Crippen LogP contribution in [-0.2, 0) is 16.1 Å². The lowest BCUT2D eigenvalue weighted by Gasteiger charge is -2.14. The van der Waals surface area contributed by atoms with E-state index in [1.165, 1.54) is 6.07 Å². The maximum Gasteiger partial charge on any atom is 0.254 e. The fourth-order valence-corrected chi connectivity index (χ4v) is 2.77. The summed E-state index contributed by atoms with van der Waals surface area (Å²) in [5.74, 6) is -2.82. The van der Waals surface area contributed by atoms with Crippen LogP contribution in [-0.4, -0.2) is 23.8 Å². The van der Waals surface area contributed by atoms with Gasteiger partial charge in [0.1, 0.15) is 17.7 Å². The molecule has 6 nitrogen and oxygen atoms in total. The molecule has 2 aromatic carbocycles. The largest absolute Gasteiger partial charge is 0.352 e. The van der Waals surface area contributed by atoms with E-state index in [1.54, 1.807) is 24.3 Å². The van der Waals surface area contributed by atoms with Gasteiger partial charge in [0, 0.05) is 18.5 Å². The maximum absolute atomic E-state index is 13.6. The van der Waals surface area contributed by atoms with Crippen molar-refractivity contribution in [3.8, 4) is 0 Å². The van der Waals surface area contributed by atoms with E-state index in [4.69, 9.17) is 0 Å². The van der Waals surface area contributed by atoms with Crippen LogP contribution in [0.1, 0.15) is 28.8 Å². The van der Waals surface area contributed by atoms with Gasteiger partial charge in [0.2, 0.25) is 11.8 Å². The Morgan fingerprint density at radius 1 is 1.04 bits per heavy atom. The van der Waals surface area contributed by atoms with Gasteiger partial charge >= 0.3 is 0 Å². The minimum absolute atomic E-state index is 0.0527. The first-order chi connectivity index (χ1) is 13.0. The van der Waals surface area contributed by atoms with Crippen molar-refractivity contribution in [2.24, 2.45) is 0 Å². The smallest absolute Gasteiger partial charge is 0.254 e. The Bertz CT molecular complexity index is 881. The van der Waals surface area contributed by atoms with Crippen LogP contribution in [0.5, 0.6) is 0 Å². The number of fused-ring (bicyclic) bond motifs is 1. The molecular weight excluding hydrogens is 356 g/mol. The molecule has 1 aliphatic rings. The predicted octanol–water partition coefficient (Wildman–Crippen LogP) is 2.11. The fourth-order valence-electron chi connectivity index (χ4n) is 2.77. The molecule has 0 aromatic heterocycles. The van der Waals surface area contributed by atoms with Crippen LogP contribution < -0.4 is 16.0 Å². The molecule has 0 radical (unpaired) electrons. The van der Waals surface area contributed by atoms with Crippen LogP contribution in [0, 0.1) is 11.6 Å². The minimum Gasteiger partial charge on any atom is -0.352 e. The Morgan fingerprint density at radius 2 is 1.74 bits per heavy atom. The summed E-state index contributed by atoms with van der Waals surface area (Å²) < 4.78 is 27.1. The lowest BCUT2D eigenvalue weighted by molar-refractivity contribution is -0.122. The molecule has 0 saturated carbocycles. The average Bonchev–Trinajstić information content (AvgIpc) is 2.76. The van der Waals surface area contributed by atoms with Gasteiger partial charge in [-0.25, -0.2) is 8.78 Å². The Kier molecular flexibility index (Phi) is 5.44. The van der Waals surface area contributed by atoms with Crippen LogP contribution in [0.15, 0.2) is 42.5 Å². The molecule has 1 heterocycles. The number of hydrogen-bond acceptors (Lipinski definition) is 3. The van der Waals surface area contributed by atoms with Crippen LogP contribution in [0.2, 0.25) is 0 Å². The first-order valence-corrected chi connectivity index (χ1v) is 8.36. The summed E-state index contributed by atoms with van der Waals surface area (Å²) in [7, 11) is 0. The van der Waals surface area contributed by atoms with Crippen molar-refractivity contribution in [1.82, 2.24) is 10.6 Å². The highest BCUT2D eigenvalue weighted by Gasteiger charge is 2.27. The van der Waals surface area contributed by atoms with Crippen LogP contribution in [0.25, 0.3) is 0 Å². The highest BCUT2D eigenvalue weighted by Crippen LogP contribution is 2.19. The second-order valence-corrected chi connectivity index (χ2v) is 6.08. The van der Waals surface area contributed by atoms with Gasteiger partial charge in [-0.1, -0.05) is 18.2 Å². The molecule has 0 fully saturated rings. The molecule has 2 aromatic rings. The first-order valence-electron chi connectivity index (χ1n) is 8.36. The standard InChI is InChI=1S/C19H17F2N3O3/c20-13-5-3-6-14(21)12(13)10-22-17(25)9-8-16-19(27)23-15-7-2-1-4-11(15)18(26)24-16/h1-7,16H,8-10H2,(H,22,25)(H,23,27)(H,24,26)/t16-/m1/s1. The number of para-hydroxylation sites is 1. The van der Waals surface area contributed by atoms with Crippen molar-refractivity contribution >= 4 is 23.4 Å². The molecule has 1 aliphatic heterocycles. The van der Waals surface area contributed by atoms with Crippen molar-refractivity contribution in [1.29, 1.82) is 0 Å². The van der Waals surface area contributed by atoms with Gasteiger partial charge in [0.05, 0.1) is 11.3 Å². The average molecular weight is 373 g/mol. The number of amides is 3. The number of anilines is 1. The molecule has 27 heavy (non-hydrogen) atoms. The lowest BCUT2D eigenvalue weighted by atomic mass is 10.1. The van der Waals surface area contributed by atoms with Gasteiger partial charge in [-0.3, -0.25) is 14.4 Å². The third-order valence-corrected chi connectivity index (χ3v) is 4.24. The van der Waals surface area contributed by atoms with Gasteiger partial charge in [-0.15, -0.1) is 0 Å². The zero-order chi connectivity index (χ0) is 19.4. The molecule has 8 heteroatoms. The molecule has 0 spiro atoms. The van der Waals surface area contributed by atoms with E-state index in [9.17, 15) is 23.2 Å². The van der Waals surface area contributed by atoms with Gasteiger partial charge in [0.15, 0.2) is 0 Å². The van der Waals surface area contributed by atoms with Crippen molar-refractivity contribution in [3.63, 3.8) is 0 Å². The molecular formula is C19H17F2N3O3. The van der Waals surface area contributed by atoms with Crippen molar-refractivity contribution in [3.05, 3.63) is 65.2 Å². The van der Waals surface area contributed by atoms with Crippen molar-refractivity contribution < 1.29 is 23.2 Å². The third-order valence-electron chi connectivity index (χ3n) is 4.24. The topological polar surface area (TPSA) is 87.3 Å². The van der Waals surface area contributed by atoms with E-state index in [2.05, 4.69) is 16.0 Å². The molecule has 0 unspecified atom stereocenters. The summed E-state index contributed by atoms with van der Waals surface area (Å²) in [4.78, 5) is 36.4. The molecule has 0 aliphatic carbocycles. The molecule has 0 saturated heterocycles. The zero-order valence-corrected chi connectivity index (χ0v) is 14.2. The Balaban J connectivity index is 1.56. The Labute approximate surface area is 154 Å². The summed E-state index contributed by atoms with van der Waals surface area (Å²) in [6.07, 6.45) is -0.0397. The second-order valence-electron chi connectivity index (χ2n) is 6.08. The lowest BCUT2D eigenvalue weighted by Crippen LogP contribution is -2.42. The maximum atomic E-state index is 13.6. The molecule has 3 amide bonds. The summed E-state index contributed by atoms with van der Waals surface area (Å²) in [5.41, 5.74) is 0.511. The summed E-state index contributed by atoms with van der Waals surface area (Å²) >= 11 is 0. The molecule has 3 N–H and O–H groups in total. The minimum atomic E-state index is -0.888. The third kappa shape index (κ3) is 4.28. The number of carbonyl (C=O) groups is 3. The summed E-state index contributed by atoms with van der Waals surface area (Å²) in [6.45, 7) is -0.300. The van der Waals surface area contributed by atoms with E-state index in [0.29, 0.717) is 11.3 Å². The Hall–Kier alpha value is -3.29. The van der Waals surface area contributed by atoms with Gasteiger partial charge in [-0.2, -0.15) is 0 Å². The fraction of sp³-hybridized carbons (Fsp3) is 0.211. The molecule has 0 bridgehead atoms. The van der Waals surface area contributed by atoms with E-state index in [-0.39, 0.29) is 24.9 Å².